The fourth-order valence-electron chi connectivity index (χ4n) is 3.28. The Morgan fingerprint density at radius 2 is 0.917 bits per heavy atom. The zero-order valence-electron chi connectivity index (χ0n) is 14.1. The highest BCUT2D eigenvalue weighted by atomic mass is 35.5. The molecule has 0 atom stereocenters. The van der Waals surface area contributed by atoms with E-state index in [9.17, 15) is 9.59 Å². The van der Waals surface area contributed by atoms with Crippen molar-refractivity contribution in [1.29, 1.82) is 0 Å². The highest BCUT2D eigenvalue weighted by Crippen LogP contribution is 2.26. The van der Waals surface area contributed by atoms with Gasteiger partial charge in [0.1, 0.15) is 0 Å². The lowest BCUT2D eigenvalue weighted by Gasteiger charge is -2.24. The molecule has 0 unspecified atom stereocenters. The predicted molar refractivity (Wildman–Crippen MR) is 98.9 cm³/mol. The predicted octanol–water partition coefficient (Wildman–Crippen LogP) is 2.80. The minimum Gasteiger partial charge on any atom is -0.481 e. The minimum atomic E-state index is -0.675. The summed E-state index contributed by atoms with van der Waals surface area (Å²) in [6.45, 7) is 0. The van der Waals surface area contributed by atoms with Crippen molar-refractivity contribution >= 4 is 36.8 Å². The second-order valence-corrected chi connectivity index (χ2v) is 6.76. The number of aliphatic carboxylic acids is 2. The third-order valence-corrected chi connectivity index (χ3v) is 4.71. The third kappa shape index (κ3) is 11.9. The largest absolute Gasteiger partial charge is 0.481 e. The van der Waals surface area contributed by atoms with E-state index in [2.05, 4.69) is 0 Å². The summed E-state index contributed by atoms with van der Waals surface area (Å²) in [7, 11) is 0. The van der Waals surface area contributed by atoms with Crippen LogP contribution < -0.4 is 11.5 Å². The fraction of sp³-hybridized carbons (Fsp3) is 0.875. The van der Waals surface area contributed by atoms with Gasteiger partial charge < -0.3 is 21.7 Å². The van der Waals surface area contributed by atoms with E-state index in [1.54, 1.807) is 0 Å². The molecule has 0 amide bonds. The van der Waals surface area contributed by atoms with Crippen molar-refractivity contribution in [1.82, 2.24) is 0 Å². The van der Waals surface area contributed by atoms with Gasteiger partial charge in [0.25, 0.3) is 0 Å². The summed E-state index contributed by atoms with van der Waals surface area (Å²) >= 11 is 0. The molecule has 0 aromatic rings. The summed E-state index contributed by atoms with van der Waals surface area (Å²) < 4.78 is 0. The molecule has 0 bridgehead atoms. The maximum absolute atomic E-state index is 10.3. The van der Waals surface area contributed by atoms with Crippen molar-refractivity contribution in [3.8, 4) is 0 Å². The van der Waals surface area contributed by atoms with Gasteiger partial charge >= 0.3 is 11.9 Å². The van der Waals surface area contributed by atoms with E-state index in [4.69, 9.17) is 21.7 Å². The monoisotopic (exact) mass is 386 g/mol. The maximum atomic E-state index is 10.3. The molecule has 6 N–H and O–H groups in total. The van der Waals surface area contributed by atoms with E-state index in [0.717, 1.165) is 51.4 Å². The van der Waals surface area contributed by atoms with Crippen molar-refractivity contribution in [2.45, 2.75) is 76.3 Å². The molecule has 0 aromatic carbocycles. The van der Waals surface area contributed by atoms with Crippen LogP contribution in [-0.4, -0.2) is 34.2 Å². The Bertz CT molecular complexity index is 322. The van der Waals surface area contributed by atoms with Gasteiger partial charge in [-0.05, 0) is 63.2 Å². The number of carboxylic acids is 2. The fourth-order valence-corrected chi connectivity index (χ4v) is 3.28. The average molecular weight is 387 g/mol. The number of carbonyl (C=O) groups is 2. The first-order valence-electron chi connectivity index (χ1n) is 8.31. The number of halogens is 2. The summed E-state index contributed by atoms with van der Waals surface area (Å²) in [5, 5.41) is 17.0. The Balaban J connectivity index is 0. The second kappa shape index (κ2) is 13.7. The van der Waals surface area contributed by atoms with Crippen LogP contribution in [0.1, 0.15) is 64.2 Å². The second-order valence-electron chi connectivity index (χ2n) is 6.76. The molecule has 2 saturated carbocycles. The third-order valence-electron chi connectivity index (χ3n) is 4.71. The van der Waals surface area contributed by atoms with Crippen molar-refractivity contribution in [3.63, 3.8) is 0 Å². The lowest BCUT2D eigenvalue weighted by molar-refractivity contribution is -0.139. The molecule has 8 heteroatoms. The number of hydrogen-bond acceptors (Lipinski definition) is 4. The molecule has 0 saturated heterocycles. The van der Waals surface area contributed by atoms with Gasteiger partial charge in [0.2, 0.25) is 0 Å². The number of hydrogen-bond donors (Lipinski definition) is 4. The molecule has 2 fully saturated rings. The molecule has 6 nitrogen and oxygen atoms in total. The van der Waals surface area contributed by atoms with E-state index in [-0.39, 0.29) is 24.8 Å². The van der Waals surface area contributed by atoms with Crippen LogP contribution in [0.5, 0.6) is 0 Å². The van der Waals surface area contributed by atoms with Crippen LogP contribution in [0, 0.1) is 11.8 Å². The summed E-state index contributed by atoms with van der Waals surface area (Å²) in [5.41, 5.74) is 11.4. The highest BCUT2D eigenvalue weighted by molar-refractivity contribution is 5.85. The van der Waals surface area contributed by atoms with Crippen molar-refractivity contribution in [3.05, 3.63) is 0 Å². The molecule has 24 heavy (non-hydrogen) atoms. The Kier molecular flexibility index (Phi) is 14.7. The smallest absolute Gasteiger partial charge is 0.303 e. The van der Waals surface area contributed by atoms with E-state index in [1.807, 2.05) is 0 Å². The number of rotatable bonds is 4. The van der Waals surface area contributed by atoms with Crippen molar-refractivity contribution < 1.29 is 19.8 Å². The lowest BCUT2D eigenvalue weighted by atomic mass is 9.84. The van der Waals surface area contributed by atoms with Gasteiger partial charge in [-0.1, -0.05) is 0 Å². The topological polar surface area (TPSA) is 127 Å². The highest BCUT2D eigenvalue weighted by Gasteiger charge is 2.21. The minimum absolute atomic E-state index is 0. The van der Waals surface area contributed by atoms with E-state index < -0.39 is 11.9 Å². The Hall–Kier alpha value is -0.560. The van der Waals surface area contributed by atoms with Crippen LogP contribution in [-0.2, 0) is 9.59 Å². The summed E-state index contributed by atoms with van der Waals surface area (Å²) in [4.78, 5) is 20.6. The Morgan fingerprint density at radius 3 is 1.12 bits per heavy atom. The average Bonchev–Trinajstić information content (AvgIpc) is 2.44. The van der Waals surface area contributed by atoms with E-state index in [1.165, 1.54) is 0 Å². The van der Waals surface area contributed by atoms with Crippen LogP contribution in [0.3, 0.4) is 0 Å². The van der Waals surface area contributed by atoms with Crippen LogP contribution >= 0.6 is 24.8 Å². The zero-order valence-corrected chi connectivity index (χ0v) is 15.7. The van der Waals surface area contributed by atoms with Gasteiger partial charge in [0.15, 0.2) is 0 Å². The summed E-state index contributed by atoms with van der Waals surface area (Å²) in [6, 6.07) is 0.639. The van der Waals surface area contributed by atoms with Gasteiger partial charge in [-0.3, -0.25) is 9.59 Å². The first kappa shape index (κ1) is 25.7. The van der Waals surface area contributed by atoms with Crippen molar-refractivity contribution in [2.75, 3.05) is 0 Å². The quantitative estimate of drug-likeness (QED) is 0.588. The van der Waals surface area contributed by atoms with Gasteiger partial charge in [-0.25, -0.2) is 0 Å². The summed E-state index contributed by atoms with van der Waals surface area (Å²) in [5.74, 6) is -0.587. The molecular weight excluding hydrogens is 355 g/mol. The lowest BCUT2D eigenvalue weighted by Crippen LogP contribution is -2.27. The summed E-state index contributed by atoms with van der Waals surface area (Å²) in [6.07, 6.45) is 8.62. The number of nitrogens with two attached hydrogens (primary N) is 2. The number of carboxylic acid groups (broad SMARTS) is 2. The van der Waals surface area contributed by atoms with E-state index >= 15 is 0 Å². The van der Waals surface area contributed by atoms with Crippen LogP contribution in [0.15, 0.2) is 0 Å². The maximum Gasteiger partial charge on any atom is 0.303 e. The van der Waals surface area contributed by atoms with Crippen LogP contribution in [0.2, 0.25) is 0 Å². The Labute approximate surface area is 156 Å². The van der Waals surface area contributed by atoms with Crippen molar-refractivity contribution in [2.24, 2.45) is 23.3 Å². The van der Waals surface area contributed by atoms with Gasteiger partial charge in [-0.2, -0.15) is 0 Å². The standard InChI is InChI=1S/2C8H15NO2.2ClH/c2*9-7-3-1-6(2-4-7)5-8(10)11;;/h2*6-7H,1-5,9H2,(H,10,11);2*1H. The SMILES string of the molecule is Cl.Cl.NC1CCC(CC(=O)O)CC1.NC1CCC(CC(=O)O)CC1. The van der Waals surface area contributed by atoms with E-state index in [0.29, 0.717) is 36.8 Å². The molecule has 144 valence electrons. The van der Waals surface area contributed by atoms with Gasteiger partial charge in [0.05, 0.1) is 0 Å². The zero-order chi connectivity index (χ0) is 16.5. The molecule has 0 aliphatic heterocycles. The van der Waals surface area contributed by atoms with Crippen LogP contribution in [0.25, 0.3) is 0 Å². The molecule has 2 aliphatic rings. The molecule has 0 radical (unpaired) electrons. The molecule has 2 aliphatic carbocycles. The van der Waals surface area contributed by atoms with Gasteiger partial charge in [0, 0.05) is 24.9 Å². The molecular formula is C16H32Cl2N2O4. The molecule has 0 spiro atoms. The first-order valence-corrected chi connectivity index (χ1v) is 8.31. The normalized spacial score (nSPS) is 29.1. The molecule has 0 aromatic heterocycles. The van der Waals surface area contributed by atoms with Crippen LogP contribution in [0.4, 0.5) is 0 Å². The Morgan fingerprint density at radius 1 is 0.667 bits per heavy atom. The van der Waals surface area contributed by atoms with Gasteiger partial charge in [-0.15, -0.1) is 24.8 Å². The first-order chi connectivity index (χ1) is 10.4. The molecule has 2 rings (SSSR count). The molecule has 0 heterocycles.